The van der Waals surface area contributed by atoms with E-state index in [-0.39, 0.29) is 5.91 Å². The third-order valence-electron chi connectivity index (χ3n) is 7.79. The molecule has 3 aromatic carbocycles. The van der Waals surface area contributed by atoms with Crippen molar-refractivity contribution < 1.29 is 14.3 Å². The Morgan fingerprint density at radius 2 is 1.76 bits per heavy atom. The summed E-state index contributed by atoms with van der Waals surface area (Å²) in [6.45, 7) is 10.3. The van der Waals surface area contributed by atoms with Crippen LogP contribution in [0, 0.1) is 5.92 Å². The minimum absolute atomic E-state index is 0.0569. The average molecular weight is 636 g/mol. The summed E-state index contributed by atoms with van der Waals surface area (Å²) in [5.74, 6) is 2.10. The van der Waals surface area contributed by atoms with Crippen molar-refractivity contribution in [3.63, 3.8) is 0 Å². The van der Waals surface area contributed by atoms with Crippen LogP contribution in [0.15, 0.2) is 102 Å². The van der Waals surface area contributed by atoms with Gasteiger partial charge < -0.3 is 19.7 Å². The summed E-state index contributed by atoms with van der Waals surface area (Å²) in [5, 5.41) is 4.14. The summed E-state index contributed by atoms with van der Waals surface area (Å²) in [4.78, 5) is 20.4. The maximum atomic E-state index is 13.6. The molecule has 6 nitrogen and oxygen atoms in total. The van der Waals surface area contributed by atoms with Gasteiger partial charge in [-0.3, -0.25) is 4.79 Å². The number of unbranched alkanes of at least 4 members (excludes halogenated alkanes) is 1. The predicted molar refractivity (Wildman–Crippen MR) is 192 cm³/mol. The first-order chi connectivity index (χ1) is 22.5. The Balaban J connectivity index is 1.27. The minimum atomic E-state index is -0.0569. The first kappa shape index (κ1) is 33.3. The van der Waals surface area contributed by atoms with Gasteiger partial charge in [-0.2, -0.15) is 0 Å². The smallest absolute Gasteiger partial charge is 0.251 e. The number of anilines is 2. The molecule has 4 aromatic rings. The van der Waals surface area contributed by atoms with Crippen molar-refractivity contribution in [2.45, 2.75) is 50.8 Å². The summed E-state index contributed by atoms with van der Waals surface area (Å²) < 4.78 is 11.5. The zero-order chi connectivity index (χ0) is 32.1. The lowest BCUT2D eigenvalue weighted by Crippen LogP contribution is -2.29. The maximum Gasteiger partial charge on any atom is 0.251 e. The van der Waals surface area contributed by atoms with Crippen LogP contribution in [0.4, 0.5) is 11.4 Å². The lowest BCUT2D eigenvalue weighted by Gasteiger charge is -2.27. The van der Waals surface area contributed by atoms with Crippen LogP contribution in [0.1, 0.15) is 51.2 Å². The van der Waals surface area contributed by atoms with Gasteiger partial charge in [0.25, 0.3) is 5.91 Å². The highest BCUT2D eigenvalue weighted by molar-refractivity contribution is 7.98. The number of benzene rings is 3. The minimum Gasteiger partial charge on any atom is -0.491 e. The molecule has 0 aliphatic carbocycles. The maximum absolute atomic E-state index is 13.6. The summed E-state index contributed by atoms with van der Waals surface area (Å²) >= 11 is 1.70. The average Bonchev–Trinajstić information content (AvgIpc) is 3.25. The summed E-state index contributed by atoms with van der Waals surface area (Å²) in [5.41, 5.74) is 7.20. The number of ether oxygens (including phenoxy) is 2. The number of aromatic nitrogens is 1. The molecule has 0 atom stereocenters. The van der Waals surface area contributed by atoms with Gasteiger partial charge >= 0.3 is 0 Å². The van der Waals surface area contributed by atoms with Gasteiger partial charge in [0.1, 0.15) is 12.4 Å². The van der Waals surface area contributed by atoms with Gasteiger partial charge in [-0.15, -0.1) is 11.8 Å². The van der Waals surface area contributed by atoms with E-state index >= 15 is 0 Å². The fraction of sp³-hybridized carbons (Fsp3) is 0.333. The summed E-state index contributed by atoms with van der Waals surface area (Å²) in [6.07, 6.45) is 6.77. The third-order valence-corrected chi connectivity index (χ3v) is 8.80. The SMILES string of the molecule is CCCCOCCOc1ccc(-c2ccc3c(c2)C=C(C(=O)Nc2ccc(CSc4ccccn4)cc2)CCN3CC(C)C)cc1. The van der Waals surface area contributed by atoms with E-state index < -0.39 is 0 Å². The first-order valence-electron chi connectivity index (χ1n) is 16.3. The Morgan fingerprint density at radius 1 is 0.957 bits per heavy atom. The Labute approximate surface area is 278 Å². The number of thioether (sulfide) groups is 1. The Hall–Kier alpha value is -4.07. The highest BCUT2D eigenvalue weighted by atomic mass is 32.2. The lowest BCUT2D eigenvalue weighted by molar-refractivity contribution is -0.112. The molecule has 0 radical (unpaired) electrons. The standard InChI is InChI=1S/C39H45N3O3S/c1-4-5-22-44-23-24-45-36-16-11-31(12-17-36)32-13-18-37-34(25-32)26-33(19-21-42(37)27-29(2)3)39(43)41-35-14-9-30(10-15-35)28-46-38-8-6-7-20-40-38/h6-18,20,25-26,29H,4-5,19,21-24,27-28H2,1-3H3,(H,41,43). The van der Waals surface area contributed by atoms with Gasteiger partial charge in [0, 0.05) is 48.6 Å². The number of fused-ring (bicyclic) bond motifs is 1. The number of hydrogen-bond acceptors (Lipinski definition) is 6. The lowest BCUT2D eigenvalue weighted by atomic mass is 10.00. The largest absolute Gasteiger partial charge is 0.491 e. The van der Waals surface area contributed by atoms with E-state index in [9.17, 15) is 4.79 Å². The second kappa shape index (κ2) is 17.0. The molecule has 1 aliphatic heterocycles. The van der Waals surface area contributed by atoms with Crippen LogP contribution < -0.4 is 15.0 Å². The Kier molecular flexibility index (Phi) is 12.3. The van der Waals surface area contributed by atoms with Gasteiger partial charge in [0.2, 0.25) is 0 Å². The van der Waals surface area contributed by atoms with E-state index in [1.807, 2.05) is 48.7 Å². The summed E-state index contributed by atoms with van der Waals surface area (Å²) in [7, 11) is 0. The quantitative estimate of drug-likeness (QED) is 0.104. The molecular formula is C39H45N3O3S. The van der Waals surface area contributed by atoms with Crippen molar-refractivity contribution in [2.24, 2.45) is 5.92 Å². The fourth-order valence-corrected chi connectivity index (χ4v) is 6.20. The van der Waals surface area contributed by atoms with Crippen LogP contribution in [0.3, 0.4) is 0 Å². The molecule has 0 saturated heterocycles. The monoisotopic (exact) mass is 635 g/mol. The molecular weight excluding hydrogens is 591 g/mol. The molecule has 1 aliphatic rings. The zero-order valence-electron chi connectivity index (χ0n) is 27.2. The number of amides is 1. The van der Waals surface area contributed by atoms with Crippen LogP contribution in [0.5, 0.6) is 5.75 Å². The van der Waals surface area contributed by atoms with Crippen LogP contribution in [0.2, 0.25) is 0 Å². The van der Waals surface area contributed by atoms with Gasteiger partial charge in [-0.05, 0) is 95.6 Å². The number of nitrogens with one attached hydrogen (secondary N) is 1. The molecule has 0 unspecified atom stereocenters. The van der Waals surface area contributed by atoms with E-state index in [2.05, 4.69) is 84.5 Å². The van der Waals surface area contributed by atoms with Crippen molar-refractivity contribution in [1.82, 2.24) is 4.98 Å². The van der Waals surface area contributed by atoms with Crippen molar-refractivity contribution in [1.29, 1.82) is 0 Å². The molecule has 240 valence electrons. The van der Waals surface area contributed by atoms with E-state index in [1.165, 1.54) is 5.56 Å². The number of nitrogens with zero attached hydrogens (tertiary/aromatic N) is 2. The molecule has 0 spiro atoms. The van der Waals surface area contributed by atoms with E-state index in [1.54, 1.807) is 11.8 Å². The van der Waals surface area contributed by atoms with Crippen LogP contribution in [-0.4, -0.2) is 43.8 Å². The first-order valence-corrected chi connectivity index (χ1v) is 17.3. The Morgan fingerprint density at radius 3 is 2.50 bits per heavy atom. The van der Waals surface area contributed by atoms with Gasteiger partial charge in [0.05, 0.1) is 11.6 Å². The molecule has 0 bridgehead atoms. The molecule has 46 heavy (non-hydrogen) atoms. The topological polar surface area (TPSA) is 63.7 Å². The van der Waals surface area contributed by atoms with Crippen molar-refractivity contribution in [2.75, 3.05) is 43.1 Å². The van der Waals surface area contributed by atoms with E-state index in [0.29, 0.717) is 25.6 Å². The molecule has 1 amide bonds. The molecule has 2 heterocycles. The molecule has 5 rings (SSSR count). The van der Waals surface area contributed by atoms with Gasteiger partial charge in [0.15, 0.2) is 0 Å². The molecule has 1 N–H and O–H groups in total. The van der Waals surface area contributed by atoms with Crippen LogP contribution in [0.25, 0.3) is 17.2 Å². The zero-order valence-corrected chi connectivity index (χ0v) is 28.0. The molecule has 0 fully saturated rings. The highest BCUT2D eigenvalue weighted by Gasteiger charge is 2.21. The second-order valence-electron chi connectivity index (χ2n) is 12.0. The van der Waals surface area contributed by atoms with E-state index in [4.69, 9.17) is 9.47 Å². The molecule has 7 heteroatoms. The van der Waals surface area contributed by atoms with E-state index in [0.717, 1.165) is 82.7 Å². The Bertz CT molecular complexity index is 1570. The molecule has 0 saturated carbocycles. The molecule has 1 aromatic heterocycles. The number of carbonyl (C=O) groups is 1. The summed E-state index contributed by atoms with van der Waals surface area (Å²) in [6, 6.07) is 28.8. The van der Waals surface area contributed by atoms with Crippen LogP contribution in [-0.2, 0) is 15.3 Å². The predicted octanol–water partition coefficient (Wildman–Crippen LogP) is 9.12. The van der Waals surface area contributed by atoms with Crippen LogP contribution >= 0.6 is 11.8 Å². The number of rotatable bonds is 15. The normalized spacial score (nSPS) is 12.8. The van der Waals surface area contributed by atoms with Crippen molar-refractivity contribution in [3.8, 4) is 16.9 Å². The highest BCUT2D eigenvalue weighted by Crippen LogP contribution is 2.34. The third kappa shape index (κ3) is 9.71. The van der Waals surface area contributed by atoms with Crippen molar-refractivity contribution in [3.05, 3.63) is 108 Å². The second-order valence-corrected chi connectivity index (χ2v) is 13.0. The number of hydrogen-bond donors (Lipinski definition) is 1. The fourth-order valence-electron chi connectivity index (χ4n) is 5.38. The van der Waals surface area contributed by atoms with Gasteiger partial charge in [-0.25, -0.2) is 4.98 Å². The number of carbonyl (C=O) groups excluding carboxylic acids is 1. The van der Waals surface area contributed by atoms with Gasteiger partial charge in [-0.1, -0.05) is 63.6 Å². The van der Waals surface area contributed by atoms with Crippen molar-refractivity contribution >= 4 is 35.1 Å². The number of pyridine rings is 1.